The molecule has 0 aliphatic heterocycles. The highest BCUT2D eigenvalue weighted by atomic mass is 15.2. The molecule has 0 unspecified atom stereocenters. The molecule has 0 amide bonds. The van der Waals surface area contributed by atoms with E-state index >= 15 is 0 Å². The summed E-state index contributed by atoms with van der Waals surface area (Å²) in [6.07, 6.45) is 0. The third-order valence-corrected chi connectivity index (χ3v) is 10.8. The monoisotopic (exact) mass is 715 g/mol. The second kappa shape index (κ2) is 13.0. The van der Waals surface area contributed by atoms with Gasteiger partial charge in [0.15, 0.2) is 11.6 Å². The Morgan fingerprint density at radius 3 is 1.46 bits per heavy atom. The van der Waals surface area contributed by atoms with Gasteiger partial charge in [0.05, 0.1) is 22.1 Å². The van der Waals surface area contributed by atoms with Crippen LogP contribution < -0.4 is 0 Å². The lowest BCUT2D eigenvalue weighted by atomic mass is 9.90. The van der Waals surface area contributed by atoms with E-state index in [-0.39, 0.29) is 0 Å². The Kier molecular flexibility index (Phi) is 7.42. The Morgan fingerprint density at radius 2 is 0.821 bits per heavy atom. The number of rotatable bonds is 6. The molecule has 0 fully saturated rings. The second-order valence-corrected chi connectivity index (χ2v) is 14.0. The third-order valence-electron chi connectivity index (χ3n) is 10.8. The molecule has 0 bridgehead atoms. The molecule has 0 saturated carbocycles. The van der Waals surface area contributed by atoms with Gasteiger partial charge in [-0.05, 0) is 64.7 Å². The molecule has 0 atom stereocenters. The van der Waals surface area contributed by atoms with Crippen LogP contribution in [0.4, 0.5) is 0 Å². The van der Waals surface area contributed by atoms with Crippen molar-refractivity contribution in [1.29, 1.82) is 0 Å². The van der Waals surface area contributed by atoms with Crippen molar-refractivity contribution in [3.05, 3.63) is 200 Å². The van der Waals surface area contributed by atoms with Crippen LogP contribution >= 0.6 is 0 Å². The zero-order valence-corrected chi connectivity index (χ0v) is 30.3. The van der Waals surface area contributed by atoms with E-state index < -0.39 is 0 Å². The molecule has 3 heterocycles. The highest BCUT2D eigenvalue weighted by Crippen LogP contribution is 2.45. The summed E-state index contributed by atoms with van der Waals surface area (Å²) < 4.78 is 4.57. The quantitative estimate of drug-likeness (QED) is 0.172. The first-order valence-corrected chi connectivity index (χ1v) is 18.9. The lowest BCUT2D eigenvalue weighted by Crippen LogP contribution is -2.06. The summed E-state index contributed by atoms with van der Waals surface area (Å²) in [5.41, 5.74) is 12.1. The zero-order valence-electron chi connectivity index (χ0n) is 30.3. The van der Waals surface area contributed by atoms with Crippen molar-refractivity contribution in [1.82, 2.24) is 24.1 Å². The van der Waals surface area contributed by atoms with Gasteiger partial charge in [0.1, 0.15) is 0 Å². The van der Waals surface area contributed by atoms with E-state index in [1.807, 2.05) is 60.7 Å². The molecule has 3 aromatic heterocycles. The lowest BCUT2D eigenvalue weighted by molar-refractivity contribution is 0.953. The van der Waals surface area contributed by atoms with Gasteiger partial charge >= 0.3 is 0 Å². The Morgan fingerprint density at radius 1 is 0.321 bits per heavy atom. The molecule has 5 nitrogen and oxygen atoms in total. The largest absolute Gasteiger partial charge is 0.309 e. The van der Waals surface area contributed by atoms with Gasteiger partial charge in [-0.25, -0.2) is 4.98 Å². The molecule has 0 aliphatic carbocycles. The minimum atomic E-state index is 0.575. The van der Waals surface area contributed by atoms with Gasteiger partial charge in [-0.1, -0.05) is 158 Å². The van der Waals surface area contributed by atoms with Crippen LogP contribution in [0.5, 0.6) is 0 Å². The number of para-hydroxylation sites is 3. The summed E-state index contributed by atoms with van der Waals surface area (Å²) in [6.45, 7) is 0. The smallest absolute Gasteiger partial charge is 0.238 e. The molecule has 0 aliphatic rings. The van der Waals surface area contributed by atoms with E-state index in [0.717, 1.165) is 55.3 Å². The van der Waals surface area contributed by atoms with Crippen LogP contribution in [0, 0.1) is 0 Å². The van der Waals surface area contributed by atoms with Gasteiger partial charge in [-0.2, -0.15) is 9.97 Å². The van der Waals surface area contributed by atoms with Crippen LogP contribution in [0.1, 0.15) is 0 Å². The van der Waals surface area contributed by atoms with Crippen molar-refractivity contribution >= 4 is 43.6 Å². The second-order valence-electron chi connectivity index (χ2n) is 14.0. The van der Waals surface area contributed by atoms with E-state index in [1.165, 1.54) is 27.4 Å². The molecule has 5 heteroatoms. The number of fused-ring (bicyclic) bond motifs is 6. The predicted octanol–water partition coefficient (Wildman–Crippen LogP) is 12.7. The van der Waals surface area contributed by atoms with Gasteiger partial charge in [-0.15, -0.1) is 0 Å². The first-order valence-electron chi connectivity index (χ1n) is 18.9. The van der Waals surface area contributed by atoms with E-state index in [2.05, 4.69) is 149 Å². The first-order chi connectivity index (χ1) is 27.8. The van der Waals surface area contributed by atoms with Gasteiger partial charge in [0.25, 0.3) is 0 Å². The number of benzene rings is 8. The van der Waals surface area contributed by atoms with Crippen molar-refractivity contribution in [3.63, 3.8) is 0 Å². The third kappa shape index (κ3) is 5.13. The van der Waals surface area contributed by atoms with Crippen molar-refractivity contribution in [2.45, 2.75) is 0 Å². The number of hydrogen-bond acceptors (Lipinski definition) is 3. The fraction of sp³-hybridized carbons (Fsp3) is 0. The summed E-state index contributed by atoms with van der Waals surface area (Å²) in [7, 11) is 0. The topological polar surface area (TPSA) is 48.5 Å². The van der Waals surface area contributed by atoms with Gasteiger partial charge in [-0.3, -0.25) is 4.57 Å². The molecule has 56 heavy (non-hydrogen) atoms. The Hall–Kier alpha value is -7.63. The van der Waals surface area contributed by atoms with Gasteiger partial charge < -0.3 is 4.57 Å². The molecule has 0 radical (unpaired) electrons. The Balaban J connectivity index is 1.20. The molecule has 262 valence electrons. The molecular formula is C51H33N5. The van der Waals surface area contributed by atoms with Gasteiger partial charge in [0.2, 0.25) is 5.95 Å². The molecular weight excluding hydrogens is 683 g/mol. The SMILES string of the molecule is c1ccc(-c2nc(-c3ccccc3)nc(-n3c4ccccc4c4c(-c5ccccc5)c(-c5ccc6c(c5)c5ccccc5n6-c5ccccc5)ccc43)n2)cc1. The summed E-state index contributed by atoms with van der Waals surface area (Å²) >= 11 is 0. The number of hydrogen-bond donors (Lipinski definition) is 0. The maximum absolute atomic E-state index is 5.18. The summed E-state index contributed by atoms with van der Waals surface area (Å²) in [5, 5.41) is 4.73. The highest BCUT2D eigenvalue weighted by molar-refractivity contribution is 6.19. The lowest BCUT2D eigenvalue weighted by Gasteiger charge is -2.15. The van der Waals surface area contributed by atoms with Crippen LogP contribution in [0.15, 0.2) is 200 Å². The average Bonchev–Trinajstić information content (AvgIpc) is 3.80. The fourth-order valence-electron chi connectivity index (χ4n) is 8.31. The normalized spacial score (nSPS) is 11.6. The van der Waals surface area contributed by atoms with E-state index in [4.69, 9.17) is 15.0 Å². The average molecular weight is 716 g/mol. The molecule has 11 aromatic rings. The van der Waals surface area contributed by atoms with Crippen molar-refractivity contribution in [2.75, 3.05) is 0 Å². The number of nitrogens with zero attached hydrogens (tertiary/aromatic N) is 5. The summed E-state index contributed by atoms with van der Waals surface area (Å²) in [6, 6.07) is 70.4. The highest BCUT2D eigenvalue weighted by Gasteiger charge is 2.23. The fourth-order valence-corrected chi connectivity index (χ4v) is 8.31. The van der Waals surface area contributed by atoms with Gasteiger partial charge in [0, 0.05) is 38.4 Å². The van der Waals surface area contributed by atoms with Crippen LogP contribution in [-0.4, -0.2) is 24.1 Å². The summed E-state index contributed by atoms with van der Waals surface area (Å²) in [4.78, 5) is 15.4. The standard InChI is InChI=1S/C51H33N5/c1-5-17-34(18-6-1)47-39(37-29-31-45-42(33-37)40-25-13-15-27-43(40)55(45)38-23-11-4-12-24-38)30-32-46-48(47)41-26-14-16-28-44(41)56(46)51-53-49(35-19-7-2-8-20-35)52-50(54-51)36-21-9-3-10-22-36/h1-33H. The van der Waals surface area contributed by atoms with Crippen molar-refractivity contribution in [2.24, 2.45) is 0 Å². The minimum absolute atomic E-state index is 0.575. The molecule has 8 aromatic carbocycles. The minimum Gasteiger partial charge on any atom is -0.309 e. The van der Waals surface area contributed by atoms with E-state index in [9.17, 15) is 0 Å². The zero-order chi connectivity index (χ0) is 37.0. The van der Waals surface area contributed by atoms with Crippen LogP contribution in [0.2, 0.25) is 0 Å². The predicted molar refractivity (Wildman–Crippen MR) is 230 cm³/mol. The Labute approximate surface area is 323 Å². The molecule has 0 saturated heterocycles. The first kappa shape index (κ1) is 31.9. The maximum atomic E-state index is 5.18. The number of aromatic nitrogens is 5. The van der Waals surface area contributed by atoms with Crippen LogP contribution in [-0.2, 0) is 0 Å². The Bertz CT molecular complexity index is 3160. The van der Waals surface area contributed by atoms with Crippen molar-refractivity contribution in [3.8, 4) is 56.7 Å². The maximum Gasteiger partial charge on any atom is 0.238 e. The van der Waals surface area contributed by atoms with Crippen LogP contribution in [0.25, 0.3) is 100 Å². The van der Waals surface area contributed by atoms with Crippen molar-refractivity contribution < 1.29 is 0 Å². The molecule has 11 rings (SSSR count). The van der Waals surface area contributed by atoms with E-state index in [1.54, 1.807) is 0 Å². The molecule has 0 N–H and O–H groups in total. The molecule has 0 spiro atoms. The van der Waals surface area contributed by atoms with E-state index in [0.29, 0.717) is 17.6 Å². The van der Waals surface area contributed by atoms with Crippen LogP contribution in [0.3, 0.4) is 0 Å². The summed E-state index contributed by atoms with van der Waals surface area (Å²) in [5.74, 6) is 1.83.